The topological polar surface area (TPSA) is 63.8 Å². The second-order valence-electron chi connectivity index (χ2n) is 4.18. The molecule has 2 rings (SSSR count). The molecule has 0 aromatic carbocycles. The number of rotatable bonds is 4. The van der Waals surface area contributed by atoms with Crippen molar-refractivity contribution in [1.29, 1.82) is 0 Å². The highest BCUT2D eigenvalue weighted by molar-refractivity contribution is 5.18. The van der Waals surface area contributed by atoms with E-state index in [1.54, 1.807) is 24.0 Å². The third-order valence-electron chi connectivity index (χ3n) is 2.78. The van der Waals surface area contributed by atoms with Gasteiger partial charge < -0.3 is 5.11 Å². The molecule has 0 spiro atoms. The van der Waals surface area contributed by atoms with Crippen LogP contribution in [0.25, 0.3) is 0 Å². The fourth-order valence-corrected chi connectivity index (χ4v) is 1.78. The van der Waals surface area contributed by atoms with Crippen molar-refractivity contribution in [2.24, 2.45) is 0 Å². The molecular formula is C12H16N4O. The summed E-state index contributed by atoms with van der Waals surface area (Å²) >= 11 is 0. The summed E-state index contributed by atoms with van der Waals surface area (Å²) in [5.41, 5.74) is -0.195. The first-order chi connectivity index (χ1) is 8.13. The van der Waals surface area contributed by atoms with Crippen LogP contribution in [0.1, 0.15) is 25.2 Å². The summed E-state index contributed by atoms with van der Waals surface area (Å²) in [6, 6.07) is 3.67. The van der Waals surface area contributed by atoms with Gasteiger partial charge in [-0.05, 0) is 19.9 Å². The Morgan fingerprint density at radius 2 is 2.29 bits per heavy atom. The first kappa shape index (κ1) is 11.7. The Morgan fingerprint density at radius 1 is 1.47 bits per heavy atom. The fraction of sp³-hybridized carbons (Fsp3) is 0.417. The molecule has 0 bridgehead atoms. The van der Waals surface area contributed by atoms with Gasteiger partial charge >= 0.3 is 0 Å². The first-order valence-corrected chi connectivity index (χ1v) is 5.63. The zero-order valence-corrected chi connectivity index (χ0v) is 10.0. The second-order valence-corrected chi connectivity index (χ2v) is 4.18. The Bertz CT molecular complexity index is 478. The van der Waals surface area contributed by atoms with E-state index in [1.807, 2.05) is 19.1 Å². The van der Waals surface area contributed by atoms with E-state index >= 15 is 0 Å². The molecule has 0 radical (unpaired) electrons. The molecule has 2 aromatic rings. The SMILES string of the molecule is CCn1ncnc1CC(C)(O)c1cccnc1. The average Bonchev–Trinajstić information content (AvgIpc) is 2.77. The van der Waals surface area contributed by atoms with Crippen LogP contribution in [0.15, 0.2) is 30.9 Å². The zero-order chi connectivity index (χ0) is 12.3. The van der Waals surface area contributed by atoms with Crippen LogP contribution in [0.3, 0.4) is 0 Å². The Morgan fingerprint density at radius 3 is 2.94 bits per heavy atom. The first-order valence-electron chi connectivity index (χ1n) is 5.63. The van der Waals surface area contributed by atoms with Gasteiger partial charge in [0.15, 0.2) is 0 Å². The van der Waals surface area contributed by atoms with E-state index in [-0.39, 0.29) is 0 Å². The second kappa shape index (κ2) is 4.63. The summed E-state index contributed by atoms with van der Waals surface area (Å²) in [6.07, 6.45) is 5.30. The molecule has 0 saturated heterocycles. The predicted octanol–water partition coefficient (Wildman–Crippen LogP) is 1.14. The molecule has 0 aliphatic heterocycles. The number of aryl methyl sites for hydroxylation is 1. The number of aromatic nitrogens is 4. The molecule has 90 valence electrons. The van der Waals surface area contributed by atoms with Gasteiger partial charge in [0.1, 0.15) is 12.2 Å². The van der Waals surface area contributed by atoms with E-state index < -0.39 is 5.60 Å². The van der Waals surface area contributed by atoms with Gasteiger partial charge in [-0.2, -0.15) is 5.10 Å². The lowest BCUT2D eigenvalue weighted by Gasteiger charge is -2.22. The quantitative estimate of drug-likeness (QED) is 0.858. The van der Waals surface area contributed by atoms with Crippen LogP contribution in [0.5, 0.6) is 0 Å². The van der Waals surface area contributed by atoms with Gasteiger partial charge in [-0.3, -0.25) is 9.67 Å². The molecule has 0 aliphatic rings. The van der Waals surface area contributed by atoms with Gasteiger partial charge in [0.2, 0.25) is 0 Å². The molecule has 5 nitrogen and oxygen atoms in total. The van der Waals surface area contributed by atoms with Crippen molar-refractivity contribution in [3.63, 3.8) is 0 Å². The van der Waals surface area contributed by atoms with E-state index in [4.69, 9.17) is 0 Å². The van der Waals surface area contributed by atoms with Crippen molar-refractivity contribution < 1.29 is 5.11 Å². The Labute approximate surface area is 100 Å². The lowest BCUT2D eigenvalue weighted by molar-refractivity contribution is 0.0539. The van der Waals surface area contributed by atoms with Crippen LogP contribution in [0.2, 0.25) is 0 Å². The molecule has 1 N–H and O–H groups in total. The van der Waals surface area contributed by atoms with Crippen LogP contribution >= 0.6 is 0 Å². The predicted molar refractivity (Wildman–Crippen MR) is 63.2 cm³/mol. The summed E-state index contributed by atoms with van der Waals surface area (Å²) in [7, 11) is 0. The summed E-state index contributed by atoms with van der Waals surface area (Å²) in [6.45, 7) is 4.51. The summed E-state index contributed by atoms with van der Waals surface area (Å²) in [5, 5.41) is 14.5. The fourth-order valence-electron chi connectivity index (χ4n) is 1.78. The number of pyridine rings is 1. The molecule has 0 fully saturated rings. The van der Waals surface area contributed by atoms with E-state index in [2.05, 4.69) is 15.1 Å². The minimum absolute atomic E-state index is 0.423. The van der Waals surface area contributed by atoms with Crippen molar-refractivity contribution in [3.8, 4) is 0 Å². The highest BCUT2D eigenvalue weighted by Gasteiger charge is 2.26. The van der Waals surface area contributed by atoms with E-state index in [1.165, 1.54) is 6.33 Å². The van der Waals surface area contributed by atoms with Crippen LogP contribution < -0.4 is 0 Å². The van der Waals surface area contributed by atoms with Crippen LogP contribution in [0.4, 0.5) is 0 Å². The normalized spacial score (nSPS) is 14.5. The lowest BCUT2D eigenvalue weighted by Crippen LogP contribution is -2.26. The maximum absolute atomic E-state index is 10.5. The third kappa shape index (κ3) is 2.50. The monoisotopic (exact) mass is 232 g/mol. The lowest BCUT2D eigenvalue weighted by atomic mass is 9.94. The molecular weight excluding hydrogens is 216 g/mol. The molecule has 1 atom stereocenters. The largest absolute Gasteiger partial charge is 0.385 e. The molecule has 2 heterocycles. The van der Waals surface area contributed by atoms with Gasteiger partial charge in [-0.25, -0.2) is 4.98 Å². The van der Waals surface area contributed by atoms with E-state index in [9.17, 15) is 5.11 Å². The molecule has 0 amide bonds. The maximum atomic E-state index is 10.5. The molecule has 5 heteroatoms. The molecule has 0 aliphatic carbocycles. The van der Waals surface area contributed by atoms with Gasteiger partial charge in [0.25, 0.3) is 0 Å². The molecule has 17 heavy (non-hydrogen) atoms. The molecule has 1 unspecified atom stereocenters. The van der Waals surface area contributed by atoms with Crippen molar-refractivity contribution in [2.75, 3.05) is 0 Å². The summed E-state index contributed by atoms with van der Waals surface area (Å²) < 4.78 is 1.78. The van der Waals surface area contributed by atoms with Crippen molar-refractivity contribution >= 4 is 0 Å². The highest BCUT2D eigenvalue weighted by Crippen LogP contribution is 2.23. The molecule has 2 aromatic heterocycles. The molecule has 0 saturated carbocycles. The number of aliphatic hydroxyl groups is 1. The Kier molecular flexibility index (Phi) is 3.19. The number of nitrogens with zero attached hydrogens (tertiary/aromatic N) is 4. The van der Waals surface area contributed by atoms with Gasteiger partial charge in [-0.15, -0.1) is 0 Å². The highest BCUT2D eigenvalue weighted by atomic mass is 16.3. The van der Waals surface area contributed by atoms with Crippen LogP contribution in [-0.4, -0.2) is 24.9 Å². The van der Waals surface area contributed by atoms with Crippen molar-refractivity contribution in [2.45, 2.75) is 32.4 Å². The van der Waals surface area contributed by atoms with E-state index in [0.717, 1.165) is 17.9 Å². The summed E-state index contributed by atoms with van der Waals surface area (Å²) in [4.78, 5) is 8.19. The van der Waals surface area contributed by atoms with Gasteiger partial charge in [-0.1, -0.05) is 6.07 Å². The van der Waals surface area contributed by atoms with Crippen molar-refractivity contribution in [3.05, 3.63) is 42.2 Å². The van der Waals surface area contributed by atoms with Crippen molar-refractivity contribution in [1.82, 2.24) is 19.7 Å². The van der Waals surface area contributed by atoms with Gasteiger partial charge in [0.05, 0.1) is 5.60 Å². The smallest absolute Gasteiger partial charge is 0.138 e. The number of hydrogen-bond donors (Lipinski definition) is 1. The zero-order valence-electron chi connectivity index (χ0n) is 10.0. The average molecular weight is 232 g/mol. The summed E-state index contributed by atoms with van der Waals surface area (Å²) in [5.74, 6) is 0.779. The number of hydrogen-bond acceptors (Lipinski definition) is 4. The third-order valence-corrected chi connectivity index (χ3v) is 2.78. The van der Waals surface area contributed by atoms with Crippen LogP contribution in [0, 0.1) is 0 Å². The Balaban J connectivity index is 2.23. The Hall–Kier alpha value is -1.75. The van der Waals surface area contributed by atoms with Crippen LogP contribution in [-0.2, 0) is 18.6 Å². The van der Waals surface area contributed by atoms with E-state index in [0.29, 0.717) is 6.42 Å². The standard InChI is InChI=1S/C12H16N4O/c1-3-16-11(14-9-15-16)7-12(2,17)10-5-4-6-13-8-10/h4-6,8-9,17H,3,7H2,1-2H3. The van der Waals surface area contributed by atoms with Gasteiger partial charge in [0, 0.05) is 30.9 Å². The minimum atomic E-state index is -0.978. The maximum Gasteiger partial charge on any atom is 0.138 e. The minimum Gasteiger partial charge on any atom is -0.385 e.